The number of piperazine rings is 1. The second-order valence-electron chi connectivity index (χ2n) is 5.80. The first kappa shape index (κ1) is 16.4. The number of carbonyl (C=O) groups excluding carboxylic acids is 1. The number of nitrogens with one attached hydrogen (secondary N) is 1. The summed E-state index contributed by atoms with van der Waals surface area (Å²) in [5.74, 6) is 0.746. The number of aromatic nitrogens is 4. The number of hydrogen-bond acceptors (Lipinski definition) is 7. The van der Waals surface area contributed by atoms with Gasteiger partial charge < -0.3 is 15.1 Å². The highest BCUT2D eigenvalue weighted by Gasteiger charge is 2.23. The van der Waals surface area contributed by atoms with Gasteiger partial charge in [-0.15, -0.1) is 0 Å². The Morgan fingerprint density at radius 2 is 1.85 bits per heavy atom. The van der Waals surface area contributed by atoms with E-state index in [1.807, 2.05) is 30.3 Å². The Hall–Kier alpha value is -3.07. The number of anilines is 2. The fourth-order valence-corrected chi connectivity index (χ4v) is 3.46. The van der Waals surface area contributed by atoms with E-state index in [1.165, 1.54) is 17.7 Å². The third-order valence-corrected chi connectivity index (χ3v) is 4.90. The molecule has 1 aromatic carbocycles. The molecule has 1 fully saturated rings. The third-order valence-electron chi connectivity index (χ3n) is 4.12. The van der Waals surface area contributed by atoms with Crippen LogP contribution in [0.15, 0.2) is 48.8 Å². The van der Waals surface area contributed by atoms with E-state index >= 15 is 0 Å². The van der Waals surface area contributed by atoms with Gasteiger partial charge in [0.25, 0.3) is 0 Å². The topological polar surface area (TPSA) is 87.1 Å². The van der Waals surface area contributed by atoms with Crippen molar-refractivity contribution < 1.29 is 4.79 Å². The van der Waals surface area contributed by atoms with Crippen molar-refractivity contribution >= 4 is 28.4 Å². The molecule has 1 aliphatic rings. The highest BCUT2D eigenvalue weighted by atomic mass is 32.1. The second kappa shape index (κ2) is 7.44. The van der Waals surface area contributed by atoms with Gasteiger partial charge in [0.15, 0.2) is 5.82 Å². The summed E-state index contributed by atoms with van der Waals surface area (Å²) in [5, 5.41) is 11.2. The summed E-state index contributed by atoms with van der Waals surface area (Å²) < 4.78 is 4.45. The van der Waals surface area contributed by atoms with Crippen molar-refractivity contribution in [1.29, 1.82) is 0 Å². The van der Waals surface area contributed by atoms with E-state index in [0.29, 0.717) is 18.8 Å². The molecule has 0 spiro atoms. The number of hydrogen-bond donors (Lipinski definition) is 1. The van der Waals surface area contributed by atoms with Crippen molar-refractivity contribution in [2.75, 3.05) is 36.4 Å². The molecule has 0 atom stereocenters. The lowest BCUT2D eigenvalue weighted by molar-refractivity contribution is 0.208. The number of rotatable bonds is 3. The van der Waals surface area contributed by atoms with Gasteiger partial charge in [-0.25, -0.2) is 4.79 Å². The van der Waals surface area contributed by atoms with Crippen molar-refractivity contribution in [3.05, 3.63) is 48.8 Å². The number of nitrogens with zero attached hydrogens (tertiary/aromatic N) is 6. The van der Waals surface area contributed by atoms with Gasteiger partial charge in [-0.05, 0) is 6.07 Å². The third kappa shape index (κ3) is 3.62. The van der Waals surface area contributed by atoms with Gasteiger partial charge in [0.2, 0.25) is 5.13 Å². The Morgan fingerprint density at radius 1 is 1.04 bits per heavy atom. The van der Waals surface area contributed by atoms with Crippen LogP contribution in [0.3, 0.4) is 0 Å². The van der Waals surface area contributed by atoms with Crippen molar-refractivity contribution in [2.45, 2.75) is 0 Å². The van der Waals surface area contributed by atoms with Crippen molar-refractivity contribution in [3.63, 3.8) is 0 Å². The van der Waals surface area contributed by atoms with Crippen LogP contribution in [0.2, 0.25) is 0 Å². The molecule has 132 valence electrons. The summed E-state index contributed by atoms with van der Waals surface area (Å²) in [7, 11) is 0. The SMILES string of the molecule is O=C(Nc1ccnnc1)N1CCN(c2nc(-c3ccccc3)ns2)CC1. The predicted molar refractivity (Wildman–Crippen MR) is 100 cm³/mol. The highest BCUT2D eigenvalue weighted by molar-refractivity contribution is 7.09. The van der Waals surface area contributed by atoms with Crippen LogP contribution in [0.4, 0.5) is 15.6 Å². The van der Waals surface area contributed by atoms with Gasteiger partial charge in [0, 0.05) is 43.3 Å². The first-order chi connectivity index (χ1) is 12.8. The molecule has 8 nitrogen and oxygen atoms in total. The lowest BCUT2D eigenvalue weighted by Gasteiger charge is -2.34. The smallest absolute Gasteiger partial charge is 0.322 e. The Labute approximate surface area is 154 Å². The maximum absolute atomic E-state index is 12.3. The van der Waals surface area contributed by atoms with E-state index in [1.54, 1.807) is 17.2 Å². The molecule has 0 bridgehead atoms. The van der Waals surface area contributed by atoms with E-state index < -0.39 is 0 Å². The molecule has 2 amide bonds. The van der Waals surface area contributed by atoms with Crippen LogP contribution in [0.5, 0.6) is 0 Å². The zero-order valence-corrected chi connectivity index (χ0v) is 14.8. The lowest BCUT2D eigenvalue weighted by atomic mass is 10.2. The summed E-state index contributed by atoms with van der Waals surface area (Å²) >= 11 is 1.39. The van der Waals surface area contributed by atoms with E-state index in [-0.39, 0.29) is 6.03 Å². The number of carbonyl (C=O) groups is 1. The van der Waals surface area contributed by atoms with Crippen molar-refractivity contribution in [2.24, 2.45) is 0 Å². The van der Waals surface area contributed by atoms with Crippen LogP contribution in [0.1, 0.15) is 0 Å². The van der Waals surface area contributed by atoms with Gasteiger partial charge >= 0.3 is 6.03 Å². The highest BCUT2D eigenvalue weighted by Crippen LogP contribution is 2.24. The zero-order valence-electron chi connectivity index (χ0n) is 13.9. The Kier molecular flexibility index (Phi) is 4.69. The standard InChI is InChI=1S/C17H17N7OS/c25-16(20-14-6-7-18-19-12-14)23-8-10-24(11-9-23)17-21-15(22-26-17)13-4-2-1-3-5-13/h1-7,12H,8-11H2,(H,18,20,25). The molecular weight excluding hydrogens is 350 g/mol. The van der Waals surface area contributed by atoms with Crippen molar-refractivity contribution in [1.82, 2.24) is 24.5 Å². The Bertz CT molecular complexity index is 863. The molecule has 3 aromatic rings. The minimum Gasteiger partial charge on any atom is -0.343 e. The Balaban J connectivity index is 1.35. The molecule has 26 heavy (non-hydrogen) atoms. The fourth-order valence-electron chi connectivity index (χ4n) is 2.72. The summed E-state index contributed by atoms with van der Waals surface area (Å²) in [6.07, 6.45) is 3.08. The summed E-state index contributed by atoms with van der Waals surface area (Å²) in [6.45, 7) is 2.71. The second-order valence-corrected chi connectivity index (χ2v) is 6.53. The first-order valence-electron chi connectivity index (χ1n) is 8.26. The van der Waals surface area contributed by atoms with E-state index in [2.05, 4.69) is 29.8 Å². The predicted octanol–water partition coefficient (Wildman–Crippen LogP) is 2.35. The number of urea groups is 1. The molecule has 2 aromatic heterocycles. The van der Waals surface area contributed by atoms with Crippen LogP contribution in [-0.4, -0.2) is 56.7 Å². The molecular formula is C17H17N7OS. The largest absolute Gasteiger partial charge is 0.343 e. The van der Waals surface area contributed by atoms with E-state index in [0.717, 1.165) is 29.6 Å². The van der Waals surface area contributed by atoms with Crippen molar-refractivity contribution in [3.8, 4) is 11.4 Å². The van der Waals surface area contributed by atoms with Gasteiger partial charge in [0.1, 0.15) is 0 Å². The molecule has 0 unspecified atom stereocenters. The molecule has 0 aliphatic carbocycles. The maximum Gasteiger partial charge on any atom is 0.322 e. The molecule has 0 saturated carbocycles. The molecule has 1 saturated heterocycles. The summed E-state index contributed by atoms with van der Waals surface area (Å²) in [6, 6.07) is 11.5. The Morgan fingerprint density at radius 3 is 2.58 bits per heavy atom. The summed E-state index contributed by atoms with van der Waals surface area (Å²) in [4.78, 5) is 20.9. The monoisotopic (exact) mass is 367 g/mol. The minimum atomic E-state index is -0.125. The average molecular weight is 367 g/mol. The first-order valence-corrected chi connectivity index (χ1v) is 9.03. The molecule has 4 rings (SSSR count). The van der Waals surface area contributed by atoms with Gasteiger partial charge in [-0.3, -0.25) is 0 Å². The maximum atomic E-state index is 12.3. The number of amides is 2. The van der Waals surface area contributed by atoms with Gasteiger partial charge in [-0.1, -0.05) is 30.3 Å². The van der Waals surface area contributed by atoms with Crippen LogP contribution < -0.4 is 10.2 Å². The van der Waals surface area contributed by atoms with Crippen LogP contribution in [0.25, 0.3) is 11.4 Å². The molecule has 1 aliphatic heterocycles. The minimum absolute atomic E-state index is 0.125. The molecule has 9 heteroatoms. The normalized spacial score (nSPS) is 14.3. The molecule has 1 N–H and O–H groups in total. The fraction of sp³-hybridized carbons (Fsp3) is 0.235. The lowest BCUT2D eigenvalue weighted by Crippen LogP contribution is -2.50. The quantitative estimate of drug-likeness (QED) is 0.765. The van der Waals surface area contributed by atoms with Crippen LogP contribution >= 0.6 is 11.5 Å². The van der Waals surface area contributed by atoms with Gasteiger partial charge in [0.05, 0.1) is 18.1 Å². The van der Waals surface area contributed by atoms with E-state index in [9.17, 15) is 4.79 Å². The zero-order chi connectivity index (χ0) is 17.8. The van der Waals surface area contributed by atoms with Gasteiger partial charge in [-0.2, -0.15) is 19.6 Å². The molecule has 0 radical (unpaired) electrons. The van der Waals surface area contributed by atoms with Crippen LogP contribution in [-0.2, 0) is 0 Å². The van der Waals surface area contributed by atoms with Crippen LogP contribution in [0, 0.1) is 0 Å². The van der Waals surface area contributed by atoms with E-state index in [4.69, 9.17) is 0 Å². The average Bonchev–Trinajstić information content (AvgIpc) is 3.20. The number of benzene rings is 1. The molecule has 3 heterocycles. The summed E-state index contributed by atoms with van der Waals surface area (Å²) in [5.41, 5.74) is 1.66.